The van der Waals surface area contributed by atoms with Crippen LogP contribution in [0.1, 0.15) is 49.4 Å². The lowest BCUT2D eigenvalue weighted by molar-refractivity contribution is 0.479. The molecule has 2 aromatic carbocycles. The standard InChI is InChI=1S/C19H25N/c1-4-16-10-9-13-18(14-16)19(20-5-2)15(3)17-11-7-6-8-12-17/h6-15,19-20H,4-5H2,1-3H3. The van der Waals surface area contributed by atoms with E-state index in [1.165, 1.54) is 16.7 Å². The number of benzene rings is 2. The molecule has 2 rings (SSSR count). The second-order valence-electron chi connectivity index (χ2n) is 5.33. The van der Waals surface area contributed by atoms with Crippen molar-refractivity contribution in [1.29, 1.82) is 0 Å². The monoisotopic (exact) mass is 267 g/mol. The molecule has 0 spiro atoms. The average molecular weight is 267 g/mol. The van der Waals surface area contributed by atoms with Crippen LogP contribution in [-0.2, 0) is 6.42 Å². The molecule has 0 saturated heterocycles. The van der Waals surface area contributed by atoms with E-state index in [1.807, 2.05) is 0 Å². The third-order valence-electron chi connectivity index (χ3n) is 3.97. The molecule has 0 fully saturated rings. The van der Waals surface area contributed by atoms with Crippen molar-refractivity contribution in [3.63, 3.8) is 0 Å². The fourth-order valence-corrected chi connectivity index (χ4v) is 2.76. The molecule has 2 unspecified atom stereocenters. The first-order valence-corrected chi connectivity index (χ1v) is 7.63. The molecule has 0 aliphatic rings. The van der Waals surface area contributed by atoms with Gasteiger partial charge in [0.2, 0.25) is 0 Å². The van der Waals surface area contributed by atoms with E-state index in [0.29, 0.717) is 12.0 Å². The highest BCUT2D eigenvalue weighted by molar-refractivity contribution is 5.30. The predicted octanol–water partition coefficient (Wildman–Crippen LogP) is 4.70. The van der Waals surface area contributed by atoms with Crippen molar-refractivity contribution < 1.29 is 0 Å². The van der Waals surface area contributed by atoms with Gasteiger partial charge in [0.1, 0.15) is 0 Å². The van der Waals surface area contributed by atoms with Gasteiger partial charge >= 0.3 is 0 Å². The number of hydrogen-bond donors (Lipinski definition) is 1. The van der Waals surface area contributed by atoms with Gasteiger partial charge in [-0.25, -0.2) is 0 Å². The summed E-state index contributed by atoms with van der Waals surface area (Å²) in [6, 6.07) is 20.1. The van der Waals surface area contributed by atoms with E-state index in [0.717, 1.165) is 13.0 Å². The zero-order chi connectivity index (χ0) is 14.4. The maximum atomic E-state index is 3.65. The molecular formula is C19H25N. The number of rotatable bonds is 6. The van der Waals surface area contributed by atoms with Gasteiger partial charge in [-0.1, -0.05) is 75.4 Å². The summed E-state index contributed by atoms with van der Waals surface area (Å²) in [5.41, 5.74) is 4.19. The largest absolute Gasteiger partial charge is 0.310 e. The summed E-state index contributed by atoms with van der Waals surface area (Å²) in [7, 11) is 0. The van der Waals surface area contributed by atoms with Gasteiger partial charge in [0.25, 0.3) is 0 Å². The van der Waals surface area contributed by atoms with E-state index in [4.69, 9.17) is 0 Å². The molecule has 106 valence electrons. The van der Waals surface area contributed by atoms with Crippen molar-refractivity contribution in [2.24, 2.45) is 0 Å². The number of hydrogen-bond acceptors (Lipinski definition) is 1. The van der Waals surface area contributed by atoms with Gasteiger partial charge in [-0.15, -0.1) is 0 Å². The second-order valence-corrected chi connectivity index (χ2v) is 5.33. The molecule has 0 aromatic heterocycles. The highest BCUT2D eigenvalue weighted by Gasteiger charge is 2.19. The minimum absolute atomic E-state index is 0.369. The van der Waals surface area contributed by atoms with Crippen LogP contribution in [0.25, 0.3) is 0 Å². The zero-order valence-electron chi connectivity index (χ0n) is 12.8. The summed E-state index contributed by atoms with van der Waals surface area (Å²) in [5, 5.41) is 3.65. The first-order chi connectivity index (χ1) is 9.76. The first-order valence-electron chi connectivity index (χ1n) is 7.63. The quantitative estimate of drug-likeness (QED) is 0.799. The van der Waals surface area contributed by atoms with Crippen molar-refractivity contribution in [2.75, 3.05) is 6.54 Å². The van der Waals surface area contributed by atoms with Gasteiger partial charge < -0.3 is 5.32 Å². The Kier molecular flexibility index (Phi) is 5.37. The van der Waals surface area contributed by atoms with Gasteiger partial charge in [0.05, 0.1) is 0 Å². The van der Waals surface area contributed by atoms with Crippen LogP contribution >= 0.6 is 0 Å². The Balaban J connectivity index is 2.30. The van der Waals surface area contributed by atoms with E-state index in [1.54, 1.807) is 0 Å². The topological polar surface area (TPSA) is 12.0 Å². The Morgan fingerprint density at radius 2 is 1.60 bits per heavy atom. The van der Waals surface area contributed by atoms with Gasteiger partial charge in [0, 0.05) is 12.0 Å². The Morgan fingerprint density at radius 1 is 0.900 bits per heavy atom. The molecule has 0 aliphatic heterocycles. The molecule has 0 saturated carbocycles. The molecule has 2 aromatic rings. The summed E-state index contributed by atoms with van der Waals surface area (Å²) >= 11 is 0. The molecule has 0 amide bonds. The van der Waals surface area contributed by atoms with Crippen LogP contribution in [0.5, 0.6) is 0 Å². The van der Waals surface area contributed by atoms with Crippen LogP contribution in [-0.4, -0.2) is 6.54 Å². The van der Waals surface area contributed by atoms with Gasteiger partial charge in [-0.2, -0.15) is 0 Å². The SMILES string of the molecule is CCNC(c1cccc(CC)c1)C(C)c1ccccc1. The van der Waals surface area contributed by atoms with Gasteiger partial charge in [-0.05, 0) is 29.7 Å². The summed E-state index contributed by atoms with van der Waals surface area (Å²) in [4.78, 5) is 0. The smallest absolute Gasteiger partial charge is 0.0386 e. The molecule has 0 aliphatic carbocycles. The molecule has 1 N–H and O–H groups in total. The van der Waals surface area contributed by atoms with E-state index in [2.05, 4.69) is 80.7 Å². The third kappa shape index (κ3) is 3.49. The van der Waals surface area contributed by atoms with Crippen LogP contribution in [0.3, 0.4) is 0 Å². The lowest BCUT2D eigenvalue weighted by Crippen LogP contribution is -2.25. The Labute approximate surface area is 123 Å². The lowest BCUT2D eigenvalue weighted by atomic mass is 9.87. The summed E-state index contributed by atoms with van der Waals surface area (Å²) < 4.78 is 0. The van der Waals surface area contributed by atoms with Crippen LogP contribution in [0.15, 0.2) is 54.6 Å². The van der Waals surface area contributed by atoms with E-state index in [9.17, 15) is 0 Å². The normalized spacial score (nSPS) is 13.9. The lowest BCUT2D eigenvalue weighted by Gasteiger charge is -2.26. The van der Waals surface area contributed by atoms with Crippen LogP contribution < -0.4 is 5.32 Å². The molecule has 1 heteroatoms. The van der Waals surface area contributed by atoms with Crippen molar-refractivity contribution in [3.8, 4) is 0 Å². The van der Waals surface area contributed by atoms with E-state index >= 15 is 0 Å². The number of likely N-dealkylation sites (N-methyl/N-ethyl adjacent to an activating group) is 1. The van der Waals surface area contributed by atoms with Crippen molar-refractivity contribution in [3.05, 3.63) is 71.3 Å². The highest BCUT2D eigenvalue weighted by atomic mass is 14.9. The molecule has 1 nitrogen and oxygen atoms in total. The van der Waals surface area contributed by atoms with Crippen molar-refractivity contribution in [2.45, 2.75) is 39.2 Å². The Hall–Kier alpha value is -1.60. The minimum Gasteiger partial charge on any atom is -0.310 e. The summed E-state index contributed by atoms with van der Waals surface area (Å²) in [5.74, 6) is 0.461. The fraction of sp³-hybridized carbons (Fsp3) is 0.368. The second kappa shape index (κ2) is 7.25. The van der Waals surface area contributed by atoms with Crippen molar-refractivity contribution in [1.82, 2.24) is 5.32 Å². The Morgan fingerprint density at radius 3 is 2.25 bits per heavy atom. The van der Waals surface area contributed by atoms with Crippen LogP contribution in [0.2, 0.25) is 0 Å². The number of aryl methyl sites for hydroxylation is 1. The highest BCUT2D eigenvalue weighted by Crippen LogP contribution is 2.30. The van der Waals surface area contributed by atoms with Crippen LogP contribution in [0, 0.1) is 0 Å². The van der Waals surface area contributed by atoms with Gasteiger partial charge in [0.15, 0.2) is 0 Å². The van der Waals surface area contributed by atoms with Crippen molar-refractivity contribution >= 4 is 0 Å². The molecule has 0 heterocycles. The summed E-state index contributed by atoms with van der Waals surface area (Å²) in [6.45, 7) is 7.68. The molecule has 0 radical (unpaired) electrons. The minimum atomic E-state index is 0.369. The molecule has 2 atom stereocenters. The van der Waals surface area contributed by atoms with Gasteiger partial charge in [-0.3, -0.25) is 0 Å². The van der Waals surface area contributed by atoms with E-state index in [-0.39, 0.29) is 0 Å². The van der Waals surface area contributed by atoms with E-state index < -0.39 is 0 Å². The molecule has 0 bridgehead atoms. The van der Waals surface area contributed by atoms with Crippen LogP contribution in [0.4, 0.5) is 0 Å². The zero-order valence-corrected chi connectivity index (χ0v) is 12.8. The molecular weight excluding hydrogens is 242 g/mol. The maximum Gasteiger partial charge on any atom is 0.0386 e. The molecule has 20 heavy (non-hydrogen) atoms. The maximum absolute atomic E-state index is 3.65. The predicted molar refractivity (Wildman–Crippen MR) is 87.1 cm³/mol. The summed E-state index contributed by atoms with van der Waals surface area (Å²) in [6.07, 6.45) is 1.09. The average Bonchev–Trinajstić information content (AvgIpc) is 2.53. The Bertz CT molecular complexity index is 518. The third-order valence-corrected chi connectivity index (χ3v) is 3.97. The first kappa shape index (κ1) is 14.8. The fourth-order valence-electron chi connectivity index (χ4n) is 2.76. The number of nitrogens with one attached hydrogen (secondary N) is 1.